The monoisotopic (exact) mass is 551 g/mol. The minimum atomic E-state index is -0.495. The second-order valence-electron chi connectivity index (χ2n) is 10.2. The van der Waals surface area contributed by atoms with Crippen molar-refractivity contribution in [2.45, 2.75) is 75.3 Å². The van der Waals surface area contributed by atoms with Gasteiger partial charge in [0.1, 0.15) is 0 Å². The summed E-state index contributed by atoms with van der Waals surface area (Å²) in [6.45, 7) is 11.4. The highest BCUT2D eigenvalue weighted by Gasteiger charge is 2.84. The quantitative estimate of drug-likeness (QED) is 0.230. The van der Waals surface area contributed by atoms with E-state index < -0.39 is 5.41 Å². The van der Waals surface area contributed by atoms with Crippen LogP contribution in [0.3, 0.4) is 0 Å². The van der Waals surface area contributed by atoms with E-state index in [1.807, 2.05) is 0 Å². The molecule has 5 saturated carbocycles. The van der Waals surface area contributed by atoms with E-state index in [9.17, 15) is 4.79 Å². The molecule has 146 valence electrons. The molecule has 5 fully saturated rings. The molecule has 6 heteroatoms. The Morgan fingerprint density at radius 1 is 1.15 bits per heavy atom. The summed E-state index contributed by atoms with van der Waals surface area (Å²) in [5.41, 5.74) is 0.765. The van der Waals surface area contributed by atoms with Gasteiger partial charge in [-0.05, 0) is 48.9 Å². The Morgan fingerprint density at radius 2 is 1.81 bits per heavy atom. The summed E-state index contributed by atoms with van der Waals surface area (Å²) >= 11 is 11.3. The molecule has 3 nitrogen and oxygen atoms in total. The van der Waals surface area contributed by atoms with E-state index in [1.54, 1.807) is 0 Å². The molecule has 0 aliphatic heterocycles. The van der Waals surface area contributed by atoms with E-state index in [-0.39, 0.29) is 36.2 Å². The first-order valence-electron chi connectivity index (χ1n) is 9.60. The van der Waals surface area contributed by atoms with E-state index in [2.05, 4.69) is 87.6 Å². The van der Waals surface area contributed by atoms with Gasteiger partial charge in [0.15, 0.2) is 0 Å². The molecular formula is C20H28Br3NO2. The predicted molar refractivity (Wildman–Crippen MR) is 115 cm³/mol. The molecule has 0 aromatic carbocycles. The zero-order chi connectivity index (χ0) is 19.3. The first-order valence-corrected chi connectivity index (χ1v) is 12.4. The van der Waals surface area contributed by atoms with Crippen LogP contribution in [-0.4, -0.2) is 20.2 Å². The maximum absolute atomic E-state index is 13.2. The van der Waals surface area contributed by atoms with Gasteiger partial charge >= 0.3 is 5.97 Å². The summed E-state index contributed by atoms with van der Waals surface area (Å²) in [5, 5.41) is 4.48. The van der Waals surface area contributed by atoms with Crippen LogP contribution < -0.4 is 0 Å². The second kappa shape index (κ2) is 5.59. The van der Waals surface area contributed by atoms with Crippen molar-refractivity contribution in [3.63, 3.8) is 0 Å². The Morgan fingerprint density at radius 3 is 2.23 bits per heavy atom. The fourth-order valence-corrected chi connectivity index (χ4v) is 11.8. The maximum Gasteiger partial charge on any atom is 0.342 e. The molecule has 0 aromatic rings. The van der Waals surface area contributed by atoms with Gasteiger partial charge in [-0.15, -0.1) is 0 Å². The van der Waals surface area contributed by atoms with Gasteiger partial charge in [-0.25, -0.2) is 4.79 Å². The molecule has 5 atom stereocenters. The van der Waals surface area contributed by atoms with Gasteiger partial charge in [0, 0.05) is 15.7 Å². The van der Waals surface area contributed by atoms with Crippen molar-refractivity contribution in [3.05, 3.63) is 0 Å². The van der Waals surface area contributed by atoms with Crippen LogP contribution in [0, 0.1) is 33.0 Å². The van der Waals surface area contributed by atoms with Crippen molar-refractivity contribution in [1.29, 1.82) is 0 Å². The number of fused-ring (bicyclic) bond motifs is 3. The Labute approximate surface area is 181 Å². The number of rotatable bonds is 3. The summed E-state index contributed by atoms with van der Waals surface area (Å²) in [6.07, 6.45) is 5.22. The lowest BCUT2D eigenvalue weighted by Gasteiger charge is -2.65. The number of hydrogen-bond donors (Lipinski definition) is 0. The number of alkyl halides is 3. The fraction of sp³-hybridized carbons (Fsp3) is 0.900. The van der Waals surface area contributed by atoms with Crippen LogP contribution in [0.15, 0.2) is 5.16 Å². The molecule has 26 heavy (non-hydrogen) atoms. The van der Waals surface area contributed by atoms with Gasteiger partial charge in [0.25, 0.3) is 0 Å². The number of carbonyl (C=O) groups excluding carboxylic acids is 1. The van der Waals surface area contributed by atoms with Crippen molar-refractivity contribution in [2.75, 3.05) is 0 Å². The third kappa shape index (κ3) is 1.87. The molecule has 5 unspecified atom stereocenters. The van der Waals surface area contributed by atoms with Crippen molar-refractivity contribution in [3.8, 4) is 0 Å². The third-order valence-corrected chi connectivity index (χ3v) is 12.8. The molecule has 5 aliphatic rings. The largest absolute Gasteiger partial charge is 0.342 e. The van der Waals surface area contributed by atoms with Crippen LogP contribution in [0.5, 0.6) is 0 Å². The minimum absolute atomic E-state index is 0.0135. The molecule has 0 saturated heterocycles. The van der Waals surface area contributed by atoms with Gasteiger partial charge in [0.05, 0.1) is 14.9 Å². The SMILES string of the molecule is CC12CCC(C/C1=N\OC(=O)C13CCC(C(Br)Br)(C1Br)C3(C)C)C2(C)C. The summed E-state index contributed by atoms with van der Waals surface area (Å²) < 4.78 is 0.168. The van der Waals surface area contributed by atoms with E-state index in [1.165, 1.54) is 6.42 Å². The Bertz CT molecular complexity index is 703. The van der Waals surface area contributed by atoms with E-state index >= 15 is 0 Å². The maximum atomic E-state index is 13.2. The van der Waals surface area contributed by atoms with Crippen molar-refractivity contribution < 1.29 is 9.63 Å². The zero-order valence-electron chi connectivity index (χ0n) is 16.2. The molecule has 5 aliphatic carbocycles. The van der Waals surface area contributed by atoms with Gasteiger partial charge in [-0.3, -0.25) is 0 Å². The minimum Gasteiger partial charge on any atom is -0.318 e. The average Bonchev–Trinajstić information content (AvgIpc) is 3.15. The van der Waals surface area contributed by atoms with Crippen LogP contribution in [-0.2, 0) is 9.63 Å². The van der Waals surface area contributed by atoms with E-state index in [0.29, 0.717) is 5.92 Å². The average molecular weight is 554 g/mol. The highest BCUT2D eigenvalue weighted by Crippen LogP contribution is 2.82. The molecule has 0 radical (unpaired) electrons. The molecule has 5 rings (SSSR count). The number of oxime groups is 1. The predicted octanol–water partition coefficient (Wildman–Crippen LogP) is 6.42. The van der Waals surface area contributed by atoms with Gasteiger partial charge < -0.3 is 4.84 Å². The van der Waals surface area contributed by atoms with Crippen LogP contribution in [0.1, 0.15) is 66.7 Å². The van der Waals surface area contributed by atoms with Gasteiger partial charge in [-0.2, -0.15) is 0 Å². The number of nitrogens with zero attached hydrogens (tertiary/aromatic N) is 1. The molecule has 0 spiro atoms. The number of hydrogen-bond acceptors (Lipinski definition) is 3. The lowest BCUT2D eigenvalue weighted by Crippen LogP contribution is -2.70. The summed E-state index contributed by atoms with van der Waals surface area (Å²) in [5.74, 6) is 0.503. The van der Waals surface area contributed by atoms with E-state index in [0.717, 1.165) is 31.4 Å². The molecular weight excluding hydrogens is 526 g/mol. The Hall–Kier alpha value is 0.580. The zero-order valence-corrected chi connectivity index (χ0v) is 20.9. The Kier molecular flexibility index (Phi) is 4.27. The second-order valence-corrected chi connectivity index (χ2v) is 14.2. The lowest BCUT2D eigenvalue weighted by molar-refractivity contribution is -0.186. The van der Waals surface area contributed by atoms with Crippen LogP contribution >= 0.6 is 47.8 Å². The van der Waals surface area contributed by atoms with Crippen LogP contribution in [0.2, 0.25) is 0 Å². The standard InChI is InChI=1S/C20H28Br3NO2/c1-16(2)11-6-7-18(16,5)12(10-11)24-26-15(25)20-9-8-19(13(20)21,14(22)23)17(20,3)4/h11,13-14H,6-10H2,1-5H3/b24-12+. The van der Waals surface area contributed by atoms with Crippen molar-refractivity contribution in [1.82, 2.24) is 0 Å². The van der Waals surface area contributed by atoms with Crippen LogP contribution in [0.4, 0.5) is 0 Å². The summed E-state index contributed by atoms with van der Waals surface area (Å²) in [6, 6.07) is 0. The Balaban J connectivity index is 1.58. The highest BCUT2D eigenvalue weighted by molar-refractivity contribution is 9.24. The fourth-order valence-electron chi connectivity index (χ4n) is 6.89. The highest BCUT2D eigenvalue weighted by atomic mass is 79.9. The number of halogens is 3. The smallest absolute Gasteiger partial charge is 0.318 e. The molecule has 0 N–H and O–H groups in total. The number of carbonyl (C=O) groups is 1. The first-order chi connectivity index (χ1) is 11.9. The lowest BCUT2D eigenvalue weighted by atomic mass is 9.43. The molecule has 0 amide bonds. The summed E-state index contributed by atoms with van der Waals surface area (Å²) in [4.78, 5) is 19.0. The third-order valence-electron chi connectivity index (χ3n) is 9.60. The van der Waals surface area contributed by atoms with Crippen LogP contribution in [0.25, 0.3) is 0 Å². The molecule has 0 aromatic heterocycles. The normalized spacial score (nSPS) is 48.9. The molecule has 4 bridgehead atoms. The van der Waals surface area contributed by atoms with Gasteiger partial charge in [-0.1, -0.05) is 87.6 Å². The summed E-state index contributed by atoms with van der Waals surface area (Å²) in [7, 11) is 0. The van der Waals surface area contributed by atoms with Crippen molar-refractivity contribution >= 4 is 59.5 Å². The van der Waals surface area contributed by atoms with E-state index in [4.69, 9.17) is 4.84 Å². The van der Waals surface area contributed by atoms with Gasteiger partial charge in [0.2, 0.25) is 0 Å². The first kappa shape index (κ1) is 19.9. The topological polar surface area (TPSA) is 38.7 Å². The van der Waals surface area contributed by atoms with Crippen molar-refractivity contribution in [2.24, 2.45) is 38.1 Å². The molecule has 0 heterocycles.